The molecule has 1 aromatic carbocycles. The van der Waals surface area contributed by atoms with E-state index in [0.29, 0.717) is 5.56 Å². The molecule has 1 aromatic heterocycles. The van der Waals surface area contributed by atoms with Crippen molar-refractivity contribution in [3.8, 4) is 0 Å². The molecule has 0 aliphatic carbocycles. The van der Waals surface area contributed by atoms with Crippen molar-refractivity contribution in [2.24, 2.45) is 0 Å². The molecule has 0 radical (unpaired) electrons. The number of benzene rings is 1. The average Bonchev–Trinajstić information content (AvgIpc) is 3.06. The maximum absolute atomic E-state index is 13.2. The number of nitrogens with zero attached hydrogens (tertiary/aromatic N) is 3. The Morgan fingerprint density at radius 2 is 1.61 bits per heavy atom. The summed E-state index contributed by atoms with van der Waals surface area (Å²) in [7, 11) is 0. The van der Waals surface area contributed by atoms with Gasteiger partial charge in [-0.2, -0.15) is 9.78 Å². The van der Waals surface area contributed by atoms with Gasteiger partial charge in [-0.25, -0.2) is 4.79 Å². The lowest BCUT2D eigenvalue weighted by Gasteiger charge is -2.23. The van der Waals surface area contributed by atoms with Crippen molar-refractivity contribution in [3.05, 3.63) is 62.9 Å². The predicted molar refractivity (Wildman–Crippen MR) is 110 cm³/mol. The van der Waals surface area contributed by atoms with Gasteiger partial charge < -0.3 is 18.9 Å². The lowest BCUT2D eigenvalue weighted by molar-refractivity contribution is -0.166. The van der Waals surface area contributed by atoms with Crippen LogP contribution in [0, 0.1) is 0 Å². The zero-order valence-corrected chi connectivity index (χ0v) is 18.2. The lowest BCUT2D eigenvalue weighted by Crippen LogP contribution is -2.46. The summed E-state index contributed by atoms with van der Waals surface area (Å²) in [4.78, 5) is 60.2. The van der Waals surface area contributed by atoms with E-state index in [-0.39, 0.29) is 13.2 Å². The Labute approximate surface area is 187 Å². The lowest BCUT2D eigenvalue weighted by atomic mass is 10.1. The van der Waals surface area contributed by atoms with Crippen LogP contribution >= 0.6 is 0 Å². The van der Waals surface area contributed by atoms with E-state index in [4.69, 9.17) is 18.9 Å². The molecule has 2 heterocycles. The minimum atomic E-state index is -1.35. The monoisotopic (exact) mass is 461 g/mol. The molecule has 0 spiro atoms. The molecule has 33 heavy (non-hydrogen) atoms. The average molecular weight is 461 g/mol. The molecule has 2 aromatic rings. The van der Waals surface area contributed by atoms with E-state index in [1.807, 2.05) is 0 Å². The number of aromatic nitrogens is 3. The zero-order chi connectivity index (χ0) is 24.1. The molecule has 12 heteroatoms. The van der Waals surface area contributed by atoms with Crippen LogP contribution in [0.1, 0.15) is 32.6 Å². The van der Waals surface area contributed by atoms with Crippen molar-refractivity contribution < 1.29 is 33.3 Å². The molecular weight excluding hydrogens is 438 g/mol. The van der Waals surface area contributed by atoms with Gasteiger partial charge in [0.2, 0.25) is 0 Å². The Balaban J connectivity index is 2.02. The third-order valence-electron chi connectivity index (χ3n) is 4.75. The topological polar surface area (TPSA) is 145 Å². The summed E-state index contributed by atoms with van der Waals surface area (Å²) < 4.78 is 23.1. The third kappa shape index (κ3) is 5.71. The molecule has 0 saturated carbocycles. The highest BCUT2D eigenvalue weighted by Gasteiger charge is 2.51. The van der Waals surface area contributed by atoms with Gasteiger partial charge in [0, 0.05) is 20.8 Å². The van der Waals surface area contributed by atoms with E-state index in [1.165, 1.54) is 6.92 Å². The fourth-order valence-electron chi connectivity index (χ4n) is 3.42. The van der Waals surface area contributed by atoms with Crippen LogP contribution in [0.4, 0.5) is 0 Å². The predicted octanol–water partition coefficient (Wildman–Crippen LogP) is -0.223. The van der Waals surface area contributed by atoms with Crippen LogP contribution in [0.5, 0.6) is 0 Å². The second kappa shape index (κ2) is 10.2. The first-order chi connectivity index (χ1) is 15.7. The molecule has 0 unspecified atom stereocenters. The Bertz CT molecular complexity index is 1140. The van der Waals surface area contributed by atoms with E-state index in [0.717, 1.165) is 29.3 Å². The third-order valence-corrected chi connectivity index (χ3v) is 4.75. The van der Waals surface area contributed by atoms with Gasteiger partial charge in [-0.15, -0.1) is 0 Å². The molecular formula is C21H23N3O9. The Morgan fingerprint density at radius 3 is 2.21 bits per heavy atom. The summed E-state index contributed by atoms with van der Waals surface area (Å²) >= 11 is 0. The van der Waals surface area contributed by atoms with Gasteiger partial charge in [0.1, 0.15) is 18.9 Å². The van der Waals surface area contributed by atoms with E-state index in [2.05, 4.69) is 5.10 Å². The summed E-state index contributed by atoms with van der Waals surface area (Å²) in [5, 5.41) is 3.87. The highest BCUT2D eigenvalue weighted by Crippen LogP contribution is 2.33. The first kappa shape index (κ1) is 23.9. The van der Waals surface area contributed by atoms with Gasteiger partial charge in [0.05, 0.1) is 6.54 Å². The molecule has 12 nitrogen and oxygen atoms in total. The maximum Gasteiger partial charge on any atom is 0.350 e. The molecule has 1 aliphatic heterocycles. The van der Waals surface area contributed by atoms with Crippen molar-refractivity contribution >= 4 is 17.9 Å². The quantitative estimate of drug-likeness (QED) is 0.401. The highest BCUT2D eigenvalue weighted by molar-refractivity contribution is 5.68. The van der Waals surface area contributed by atoms with Crippen molar-refractivity contribution in [2.75, 3.05) is 6.61 Å². The SMILES string of the molecule is CC(=O)OC[C@@H]1O[C@H](n2ncc(=O)n(Cc3ccccc3)c2=O)[C@H](OC(C)=O)[C@@H]1OC(C)=O. The minimum absolute atomic E-state index is 0.0315. The second-order valence-corrected chi connectivity index (χ2v) is 7.30. The van der Waals surface area contributed by atoms with Crippen LogP contribution in [0.2, 0.25) is 0 Å². The van der Waals surface area contributed by atoms with Crippen LogP contribution in [0.25, 0.3) is 0 Å². The van der Waals surface area contributed by atoms with Crippen molar-refractivity contribution in [3.63, 3.8) is 0 Å². The van der Waals surface area contributed by atoms with Crippen molar-refractivity contribution in [2.45, 2.75) is 51.9 Å². The van der Waals surface area contributed by atoms with Crippen LogP contribution in [0.15, 0.2) is 46.1 Å². The summed E-state index contributed by atoms with van der Waals surface area (Å²) in [6, 6.07) is 8.82. The number of carbonyl (C=O) groups excluding carboxylic acids is 3. The number of rotatable bonds is 7. The van der Waals surface area contributed by atoms with Crippen LogP contribution in [0.3, 0.4) is 0 Å². The Hall–Kier alpha value is -3.80. The number of hydrogen-bond donors (Lipinski definition) is 0. The number of hydrogen-bond acceptors (Lipinski definition) is 10. The van der Waals surface area contributed by atoms with Crippen LogP contribution in [-0.2, 0) is 39.9 Å². The largest absolute Gasteiger partial charge is 0.463 e. The van der Waals surface area contributed by atoms with Gasteiger partial charge in [-0.05, 0) is 5.56 Å². The van der Waals surface area contributed by atoms with Crippen molar-refractivity contribution in [1.82, 2.24) is 14.3 Å². The van der Waals surface area contributed by atoms with Gasteiger partial charge in [0.15, 0.2) is 18.4 Å². The highest BCUT2D eigenvalue weighted by atomic mass is 16.7. The van der Waals surface area contributed by atoms with Gasteiger partial charge >= 0.3 is 23.6 Å². The van der Waals surface area contributed by atoms with E-state index in [1.54, 1.807) is 30.3 Å². The summed E-state index contributed by atoms with van der Waals surface area (Å²) in [6.45, 7) is 3.10. The zero-order valence-electron chi connectivity index (χ0n) is 18.2. The first-order valence-corrected chi connectivity index (χ1v) is 10.0. The van der Waals surface area contributed by atoms with Gasteiger partial charge in [-0.1, -0.05) is 30.3 Å². The number of carbonyl (C=O) groups is 3. The summed E-state index contributed by atoms with van der Waals surface area (Å²) in [5.74, 6) is -2.05. The minimum Gasteiger partial charge on any atom is -0.463 e. The molecule has 176 valence electrons. The Morgan fingerprint density at radius 1 is 0.970 bits per heavy atom. The fourth-order valence-corrected chi connectivity index (χ4v) is 3.42. The molecule has 1 saturated heterocycles. The van der Waals surface area contributed by atoms with E-state index < -0.39 is 53.7 Å². The van der Waals surface area contributed by atoms with Gasteiger partial charge in [-0.3, -0.25) is 23.7 Å². The molecule has 0 bridgehead atoms. The number of ether oxygens (including phenoxy) is 4. The molecule has 1 fully saturated rings. The van der Waals surface area contributed by atoms with Crippen LogP contribution in [-0.4, -0.2) is 57.2 Å². The van der Waals surface area contributed by atoms with E-state index >= 15 is 0 Å². The normalized spacial score (nSPS) is 21.9. The van der Waals surface area contributed by atoms with E-state index in [9.17, 15) is 24.0 Å². The maximum atomic E-state index is 13.2. The Kier molecular flexibility index (Phi) is 7.38. The number of esters is 3. The smallest absolute Gasteiger partial charge is 0.350 e. The first-order valence-electron chi connectivity index (χ1n) is 10.0. The standard InChI is InChI=1S/C21H23N3O9/c1-12(25)30-11-16-18(31-13(2)26)19(32-14(3)27)20(33-16)24-21(29)23(17(28)9-22-24)10-15-7-5-4-6-8-15/h4-9,16,18-20H,10-11H2,1-3H3/t16-,18+,19+,20-/m0/s1. The molecule has 0 N–H and O–H groups in total. The molecule has 0 amide bonds. The summed E-state index contributed by atoms with van der Waals surface area (Å²) in [5.41, 5.74) is -0.776. The van der Waals surface area contributed by atoms with Gasteiger partial charge in [0.25, 0.3) is 5.56 Å². The summed E-state index contributed by atoms with van der Waals surface area (Å²) in [6.07, 6.45) is -3.97. The van der Waals surface area contributed by atoms with Crippen molar-refractivity contribution in [1.29, 1.82) is 0 Å². The molecule has 1 aliphatic rings. The van der Waals surface area contributed by atoms with Crippen LogP contribution < -0.4 is 11.2 Å². The molecule has 3 rings (SSSR count). The fraction of sp³-hybridized carbons (Fsp3) is 0.429. The molecule has 4 atom stereocenters. The second-order valence-electron chi connectivity index (χ2n) is 7.30.